The fourth-order valence-electron chi connectivity index (χ4n) is 3.25. The third kappa shape index (κ3) is 6.23. The number of hydrogen-bond acceptors (Lipinski definition) is 4. The molecule has 1 aromatic heterocycles. The molecule has 32 heavy (non-hydrogen) atoms. The minimum absolute atomic E-state index is 0.0845. The molecule has 0 fully saturated rings. The smallest absolute Gasteiger partial charge is 0.291 e. The van der Waals surface area contributed by atoms with Gasteiger partial charge < -0.3 is 19.8 Å². The van der Waals surface area contributed by atoms with E-state index in [4.69, 9.17) is 9.15 Å². The van der Waals surface area contributed by atoms with Gasteiger partial charge in [0, 0.05) is 16.8 Å². The normalized spacial score (nSPS) is 11.1. The Labute approximate surface area is 189 Å². The average Bonchev–Trinajstić information content (AvgIpc) is 3.29. The highest BCUT2D eigenvalue weighted by Gasteiger charge is 2.27. The largest absolute Gasteiger partial charge is 0.493 e. The molecule has 3 aromatic rings. The van der Waals surface area contributed by atoms with Crippen LogP contribution in [0.25, 0.3) is 0 Å². The number of ether oxygens (including phenoxy) is 1. The summed E-state index contributed by atoms with van der Waals surface area (Å²) in [4.78, 5) is 25.0. The van der Waals surface area contributed by atoms with Gasteiger partial charge in [0.15, 0.2) is 5.76 Å². The molecule has 2 amide bonds. The van der Waals surface area contributed by atoms with Crippen LogP contribution in [0.15, 0.2) is 65.3 Å². The molecular formula is C26H30N2O4. The van der Waals surface area contributed by atoms with Crippen LogP contribution in [0.5, 0.6) is 5.75 Å². The third-order valence-corrected chi connectivity index (χ3v) is 5.29. The molecule has 6 heteroatoms. The van der Waals surface area contributed by atoms with E-state index in [1.807, 2.05) is 39.8 Å². The first-order chi connectivity index (χ1) is 15.2. The molecule has 2 N–H and O–H groups in total. The number of furan rings is 1. The minimum atomic E-state index is -0.571. The van der Waals surface area contributed by atoms with Crippen molar-refractivity contribution in [2.75, 3.05) is 17.2 Å². The van der Waals surface area contributed by atoms with Crippen molar-refractivity contribution < 1.29 is 18.7 Å². The Morgan fingerprint density at radius 2 is 1.72 bits per heavy atom. The lowest BCUT2D eigenvalue weighted by molar-refractivity contribution is -0.124. The van der Waals surface area contributed by atoms with Gasteiger partial charge in [-0.25, -0.2) is 0 Å². The van der Waals surface area contributed by atoms with Crippen LogP contribution < -0.4 is 15.4 Å². The summed E-state index contributed by atoms with van der Waals surface area (Å²) in [6.07, 6.45) is 2.88. The lowest BCUT2D eigenvalue weighted by atomic mass is 9.87. The number of rotatable bonds is 9. The van der Waals surface area contributed by atoms with Gasteiger partial charge in [-0.1, -0.05) is 32.0 Å². The summed E-state index contributed by atoms with van der Waals surface area (Å²) in [6, 6.07) is 16.4. The topological polar surface area (TPSA) is 80.6 Å². The van der Waals surface area contributed by atoms with Crippen LogP contribution in [0.3, 0.4) is 0 Å². The maximum Gasteiger partial charge on any atom is 0.291 e. The maximum atomic E-state index is 12.9. The van der Waals surface area contributed by atoms with Gasteiger partial charge in [0.2, 0.25) is 5.91 Å². The highest BCUT2D eigenvalue weighted by molar-refractivity contribution is 6.03. The summed E-state index contributed by atoms with van der Waals surface area (Å²) in [5.41, 5.74) is 2.88. The van der Waals surface area contributed by atoms with Gasteiger partial charge in [-0.2, -0.15) is 0 Å². The molecule has 0 spiro atoms. The Hall–Kier alpha value is -3.54. The van der Waals surface area contributed by atoms with Gasteiger partial charge in [0.05, 0.1) is 12.9 Å². The molecule has 168 valence electrons. The number of carbonyl (C=O) groups excluding carboxylic acids is 2. The fourth-order valence-corrected chi connectivity index (χ4v) is 3.25. The summed E-state index contributed by atoms with van der Waals surface area (Å²) in [5.74, 6) is 0.686. The van der Waals surface area contributed by atoms with Crippen molar-refractivity contribution in [1.29, 1.82) is 0 Å². The van der Waals surface area contributed by atoms with E-state index < -0.39 is 5.41 Å². The van der Waals surface area contributed by atoms with Gasteiger partial charge in [0.25, 0.3) is 5.91 Å². The van der Waals surface area contributed by atoms with Crippen molar-refractivity contribution in [2.24, 2.45) is 5.41 Å². The highest BCUT2D eigenvalue weighted by Crippen LogP contribution is 2.26. The van der Waals surface area contributed by atoms with Crippen molar-refractivity contribution >= 4 is 23.2 Å². The quantitative estimate of drug-likeness (QED) is 0.406. The lowest BCUT2D eigenvalue weighted by Gasteiger charge is -2.24. The number of nitrogens with one attached hydrogen (secondary N) is 2. The molecule has 0 saturated carbocycles. The molecule has 1 heterocycles. The van der Waals surface area contributed by atoms with Crippen LogP contribution in [0, 0.1) is 19.3 Å². The molecule has 0 aliphatic carbocycles. The number of benzene rings is 2. The van der Waals surface area contributed by atoms with E-state index in [9.17, 15) is 9.59 Å². The highest BCUT2D eigenvalue weighted by atomic mass is 16.5. The van der Waals surface area contributed by atoms with Crippen molar-refractivity contribution in [1.82, 2.24) is 0 Å². The Kier molecular flexibility index (Phi) is 7.36. The zero-order chi connectivity index (χ0) is 23.1. The number of amides is 2. The summed E-state index contributed by atoms with van der Waals surface area (Å²) < 4.78 is 11.0. The molecule has 0 radical (unpaired) electrons. The fraction of sp³-hybridized carbons (Fsp3) is 0.308. The van der Waals surface area contributed by atoms with Crippen LogP contribution >= 0.6 is 0 Å². The predicted octanol–water partition coefficient (Wildman–Crippen LogP) is 5.97. The van der Waals surface area contributed by atoms with Crippen LogP contribution in [0.1, 0.15) is 48.4 Å². The SMILES string of the molecule is Cc1ccc(C)c(OCCCC(C)(C)C(=O)Nc2cccc(NC(=O)c3ccco3)c2)c1. The predicted molar refractivity (Wildman–Crippen MR) is 126 cm³/mol. The minimum Gasteiger partial charge on any atom is -0.493 e. The second-order valence-corrected chi connectivity index (χ2v) is 8.57. The number of anilines is 2. The molecule has 3 rings (SSSR count). The molecule has 0 bridgehead atoms. The second-order valence-electron chi connectivity index (χ2n) is 8.57. The monoisotopic (exact) mass is 434 g/mol. The van der Waals surface area contributed by atoms with Crippen LogP contribution in [0.2, 0.25) is 0 Å². The Bertz CT molecular complexity index is 1070. The standard InChI is InChI=1S/C26H30N2O4/c1-18-11-12-19(2)23(16-18)32-15-7-13-26(3,4)25(30)28-21-9-5-8-20(17-21)27-24(29)22-10-6-14-31-22/h5-6,8-12,14,16-17H,7,13,15H2,1-4H3,(H,27,29)(H,28,30). The maximum absolute atomic E-state index is 12.9. The van der Waals surface area contributed by atoms with E-state index in [2.05, 4.69) is 16.7 Å². The first-order valence-electron chi connectivity index (χ1n) is 10.7. The Balaban J connectivity index is 1.51. The Morgan fingerprint density at radius 3 is 2.44 bits per heavy atom. The molecule has 0 aliphatic rings. The molecule has 6 nitrogen and oxygen atoms in total. The summed E-state index contributed by atoms with van der Waals surface area (Å²) in [5, 5.41) is 5.71. The first-order valence-corrected chi connectivity index (χ1v) is 10.7. The molecule has 0 saturated heterocycles. The van der Waals surface area contributed by atoms with Crippen molar-refractivity contribution in [3.63, 3.8) is 0 Å². The van der Waals surface area contributed by atoms with Crippen molar-refractivity contribution in [2.45, 2.75) is 40.5 Å². The molecule has 0 unspecified atom stereocenters. The summed E-state index contributed by atoms with van der Waals surface area (Å²) in [6.45, 7) is 8.45. The van der Waals surface area contributed by atoms with Gasteiger partial charge in [-0.05, 0) is 74.2 Å². The van der Waals surface area contributed by atoms with Gasteiger partial charge in [0.1, 0.15) is 5.75 Å². The average molecular weight is 435 g/mol. The van der Waals surface area contributed by atoms with E-state index in [0.29, 0.717) is 24.4 Å². The van der Waals surface area contributed by atoms with E-state index in [-0.39, 0.29) is 17.6 Å². The van der Waals surface area contributed by atoms with Crippen LogP contribution in [0.4, 0.5) is 11.4 Å². The summed E-state index contributed by atoms with van der Waals surface area (Å²) in [7, 11) is 0. The molecule has 0 atom stereocenters. The zero-order valence-corrected chi connectivity index (χ0v) is 19.0. The first kappa shape index (κ1) is 23.1. The molecule has 0 aliphatic heterocycles. The molecule has 2 aromatic carbocycles. The van der Waals surface area contributed by atoms with Crippen molar-refractivity contribution in [3.8, 4) is 5.75 Å². The lowest BCUT2D eigenvalue weighted by Crippen LogP contribution is -2.31. The van der Waals surface area contributed by atoms with Crippen LogP contribution in [-0.2, 0) is 4.79 Å². The number of hydrogen-bond donors (Lipinski definition) is 2. The van der Waals surface area contributed by atoms with E-state index in [0.717, 1.165) is 23.3 Å². The van der Waals surface area contributed by atoms with E-state index in [1.165, 1.54) is 6.26 Å². The van der Waals surface area contributed by atoms with Gasteiger partial charge >= 0.3 is 0 Å². The Morgan fingerprint density at radius 1 is 0.969 bits per heavy atom. The summed E-state index contributed by atoms with van der Waals surface area (Å²) >= 11 is 0. The third-order valence-electron chi connectivity index (χ3n) is 5.29. The van der Waals surface area contributed by atoms with Gasteiger partial charge in [-0.3, -0.25) is 9.59 Å². The van der Waals surface area contributed by atoms with Crippen LogP contribution in [-0.4, -0.2) is 18.4 Å². The zero-order valence-electron chi connectivity index (χ0n) is 19.0. The number of carbonyl (C=O) groups is 2. The second kappa shape index (κ2) is 10.2. The number of aryl methyl sites for hydroxylation is 2. The van der Waals surface area contributed by atoms with Gasteiger partial charge in [-0.15, -0.1) is 0 Å². The van der Waals surface area contributed by atoms with Crippen molar-refractivity contribution in [3.05, 3.63) is 77.7 Å². The molecular weight excluding hydrogens is 404 g/mol. The van der Waals surface area contributed by atoms with E-state index >= 15 is 0 Å². The van der Waals surface area contributed by atoms with E-state index in [1.54, 1.807) is 36.4 Å².